The van der Waals surface area contributed by atoms with Gasteiger partial charge in [-0.05, 0) is 30.7 Å². The number of nitrogens with one attached hydrogen (secondary N) is 1. The van der Waals surface area contributed by atoms with E-state index in [1.807, 2.05) is 0 Å². The number of anilines is 1. The first-order valence-electron chi connectivity index (χ1n) is 5.46. The quantitative estimate of drug-likeness (QED) is 0.848. The van der Waals surface area contributed by atoms with E-state index >= 15 is 0 Å². The fourth-order valence-corrected chi connectivity index (χ4v) is 2.85. The van der Waals surface area contributed by atoms with Crippen molar-refractivity contribution in [3.8, 4) is 0 Å². The second-order valence-electron chi connectivity index (χ2n) is 4.08. The highest BCUT2D eigenvalue weighted by Gasteiger charge is 2.16. The summed E-state index contributed by atoms with van der Waals surface area (Å²) < 4.78 is 31.5. The largest absolute Gasteiger partial charge is 0.472 e. The van der Waals surface area contributed by atoms with Crippen molar-refractivity contribution >= 4 is 27.3 Å². The maximum Gasteiger partial charge on any atom is 0.240 e. The van der Waals surface area contributed by atoms with Crippen molar-refractivity contribution in [1.82, 2.24) is 4.72 Å². The summed E-state index contributed by atoms with van der Waals surface area (Å²) in [5.41, 5.74) is 7.45. The molecule has 0 radical (unpaired) electrons. The van der Waals surface area contributed by atoms with Crippen LogP contribution in [0.3, 0.4) is 0 Å². The molecule has 3 N–H and O–H groups in total. The van der Waals surface area contributed by atoms with Crippen LogP contribution in [0.4, 0.5) is 5.69 Å². The molecule has 1 aromatic heterocycles. The van der Waals surface area contributed by atoms with E-state index in [4.69, 9.17) is 21.8 Å². The number of hydrogen-bond donors (Lipinski definition) is 2. The van der Waals surface area contributed by atoms with Gasteiger partial charge in [0.05, 0.1) is 17.4 Å². The van der Waals surface area contributed by atoms with Crippen molar-refractivity contribution in [3.05, 3.63) is 46.9 Å². The van der Waals surface area contributed by atoms with Gasteiger partial charge in [0, 0.05) is 22.8 Å². The van der Waals surface area contributed by atoms with E-state index < -0.39 is 10.0 Å². The maximum absolute atomic E-state index is 12.1. The second-order valence-corrected chi connectivity index (χ2v) is 6.25. The van der Waals surface area contributed by atoms with Crippen molar-refractivity contribution in [3.63, 3.8) is 0 Å². The van der Waals surface area contributed by atoms with Gasteiger partial charge in [0.1, 0.15) is 0 Å². The van der Waals surface area contributed by atoms with Gasteiger partial charge >= 0.3 is 0 Å². The molecule has 0 saturated heterocycles. The summed E-state index contributed by atoms with van der Waals surface area (Å²) in [6.07, 6.45) is 2.95. The molecule has 0 aliphatic carbocycles. The molecule has 1 aromatic carbocycles. The second kappa shape index (κ2) is 5.24. The first kappa shape index (κ1) is 13.9. The predicted octanol–water partition coefficient (Wildman–Crippen LogP) is 2.30. The first-order chi connectivity index (χ1) is 8.90. The van der Waals surface area contributed by atoms with E-state index in [1.54, 1.807) is 13.0 Å². The molecule has 0 atom stereocenters. The van der Waals surface area contributed by atoms with Crippen LogP contribution in [0, 0.1) is 6.92 Å². The fraction of sp³-hybridized carbons (Fsp3) is 0.167. The molecule has 0 spiro atoms. The zero-order valence-electron chi connectivity index (χ0n) is 10.2. The molecule has 102 valence electrons. The van der Waals surface area contributed by atoms with Crippen LogP contribution in [0.1, 0.15) is 11.1 Å². The van der Waals surface area contributed by atoms with Gasteiger partial charge in [-0.1, -0.05) is 11.6 Å². The van der Waals surface area contributed by atoms with E-state index in [0.29, 0.717) is 16.3 Å². The molecule has 0 saturated carbocycles. The summed E-state index contributed by atoms with van der Waals surface area (Å²) in [5.74, 6) is 0. The molecule has 0 aliphatic heterocycles. The zero-order chi connectivity index (χ0) is 14.0. The normalized spacial score (nSPS) is 11.7. The lowest BCUT2D eigenvalue weighted by Crippen LogP contribution is -2.23. The number of nitrogens with two attached hydrogens (primary N) is 1. The number of sulfonamides is 1. The molecule has 19 heavy (non-hydrogen) atoms. The van der Waals surface area contributed by atoms with Gasteiger partial charge in [-0.3, -0.25) is 0 Å². The molecule has 7 heteroatoms. The van der Waals surface area contributed by atoms with Gasteiger partial charge < -0.3 is 10.2 Å². The number of furan rings is 1. The Morgan fingerprint density at radius 2 is 2.16 bits per heavy atom. The monoisotopic (exact) mass is 300 g/mol. The summed E-state index contributed by atoms with van der Waals surface area (Å²) in [6, 6.07) is 4.45. The summed E-state index contributed by atoms with van der Waals surface area (Å²) in [4.78, 5) is 0.0455. The molecule has 0 amide bonds. The Hall–Kier alpha value is -1.50. The van der Waals surface area contributed by atoms with Crippen molar-refractivity contribution in [2.24, 2.45) is 0 Å². The lowest BCUT2D eigenvalue weighted by Gasteiger charge is -2.09. The molecule has 0 unspecified atom stereocenters. The van der Waals surface area contributed by atoms with E-state index in [-0.39, 0.29) is 11.4 Å². The zero-order valence-corrected chi connectivity index (χ0v) is 11.8. The number of nitrogen functional groups attached to an aromatic ring is 1. The third kappa shape index (κ3) is 3.09. The topological polar surface area (TPSA) is 85.3 Å². The average molecular weight is 301 g/mol. The summed E-state index contributed by atoms with van der Waals surface area (Å²) in [5, 5.41) is 0.323. The Morgan fingerprint density at radius 3 is 2.74 bits per heavy atom. The number of rotatable bonds is 4. The van der Waals surface area contributed by atoms with Crippen molar-refractivity contribution in [2.45, 2.75) is 18.4 Å². The number of hydrogen-bond acceptors (Lipinski definition) is 4. The van der Waals surface area contributed by atoms with Crippen LogP contribution < -0.4 is 10.5 Å². The standard InChI is InChI=1S/C12H13ClN2O3S/c1-8-11(13)4-10(5-12(8)14)19(16,17)15-6-9-2-3-18-7-9/h2-5,7,15H,6,14H2,1H3. The van der Waals surface area contributed by atoms with Crippen LogP contribution in [0.25, 0.3) is 0 Å². The minimum absolute atomic E-state index is 0.0455. The molecule has 0 aliphatic rings. The van der Waals surface area contributed by atoms with Gasteiger partial charge in [0.2, 0.25) is 10.0 Å². The molecule has 5 nitrogen and oxygen atoms in total. The van der Waals surface area contributed by atoms with E-state index in [2.05, 4.69) is 4.72 Å². The van der Waals surface area contributed by atoms with Crippen LogP contribution in [0.15, 0.2) is 40.0 Å². The number of benzene rings is 1. The third-order valence-electron chi connectivity index (χ3n) is 2.71. The molecular weight excluding hydrogens is 288 g/mol. The highest BCUT2D eigenvalue weighted by molar-refractivity contribution is 7.89. The van der Waals surface area contributed by atoms with Crippen molar-refractivity contribution < 1.29 is 12.8 Å². The highest BCUT2D eigenvalue weighted by atomic mass is 35.5. The van der Waals surface area contributed by atoms with E-state index in [1.165, 1.54) is 24.7 Å². The average Bonchev–Trinajstić information content (AvgIpc) is 2.86. The van der Waals surface area contributed by atoms with Gasteiger partial charge in [-0.2, -0.15) is 0 Å². The molecule has 0 fully saturated rings. The Bertz CT molecular complexity index is 658. The van der Waals surface area contributed by atoms with E-state index in [0.717, 1.165) is 5.56 Å². The van der Waals surface area contributed by atoms with Gasteiger partial charge in [0.15, 0.2) is 0 Å². The molecule has 1 heterocycles. The minimum atomic E-state index is -3.65. The maximum atomic E-state index is 12.1. The van der Waals surface area contributed by atoms with Crippen LogP contribution in [0.2, 0.25) is 5.02 Å². The third-order valence-corrected chi connectivity index (χ3v) is 4.49. The highest BCUT2D eigenvalue weighted by Crippen LogP contribution is 2.25. The summed E-state index contributed by atoms with van der Waals surface area (Å²) in [6.45, 7) is 1.87. The van der Waals surface area contributed by atoms with Crippen molar-refractivity contribution in [1.29, 1.82) is 0 Å². The van der Waals surface area contributed by atoms with E-state index in [9.17, 15) is 8.42 Å². The Kier molecular flexibility index (Phi) is 3.84. The smallest absolute Gasteiger partial charge is 0.240 e. The van der Waals surface area contributed by atoms with Crippen LogP contribution in [-0.4, -0.2) is 8.42 Å². The SMILES string of the molecule is Cc1c(N)cc(S(=O)(=O)NCc2ccoc2)cc1Cl. The number of halogens is 1. The van der Waals surface area contributed by atoms with Gasteiger partial charge in [-0.25, -0.2) is 13.1 Å². The Morgan fingerprint density at radius 1 is 1.42 bits per heavy atom. The lowest BCUT2D eigenvalue weighted by atomic mass is 10.2. The van der Waals surface area contributed by atoms with Crippen molar-refractivity contribution in [2.75, 3.05) is 5.73 Å². The van der Waals surface area contributed by atoms with Gasteiger partial charge in [-0.15, -0.1) is 0 Å². The summed E-state index contributed by atoms with van der Waals surface area (Å²) in [7, 11) is -3.65. The fourth-order valence-electron chi connectivity index (χ4n) is 1.48. The molecular formula is C12H13ClN2O3S. The molecule has 2 aromatic rings. The Balaban J connectivity index is 2.24. The van der Waals surface area contributed by atoms with Crippen LogP contribution in [-0.2, 0) is 16.6 Å². The van der Waals surface area contributed by atoms with Crippen LogP contribution in [0.5, 0.6) is 0 Å². The van der Waals surface area contributed by atoms with Crippen LogP contribution >= 0.6 is 11.6 Å². The first-order valence-corrected chi connectivity index (χ1v) is 7.32. The van der Waals surface area contributed by atoms with Gasteiger partial charge in [0.25, 0.3) is 0 Å². The molecule has 2 rings (SSSR count). The molecule has 0 bridgehead atoms. The summed E-state index contributed by atoms with van der Waals surface area (Å²) >= 11 is 5.94. The minimum Gasteiger partial charge on any atom is -0.472 e. The predicted molar refractivity (Wildman–Crippen MR) is 73.3 cm³/mol. The lowest BCUT2D eigenvalue weighted by molar-refractivity contribution is 0.561. The Labute approximate surface area is 116 Å².